The first-order chi connectivity index (χ1) is 9.97. The molecule has 0 spiro atoms. The number of carboxylic acid groups (broad SMARTS) is 1. The number of ketones is 1. The standard InChI is InChI=1S/C15H17BrO5/c1-20-12-7-11(16)13(21-2)6-10(12)14(17)8-3-4-9(5-8)15(18)19/h6-9H,3-5H2,1-2H3,(H,18,19). The molecule has 1 N–H and O–H groups in total. The van der Waals surface area contributed by atoms with Crippen molar-refractivity contribution in [3.8, 4) is 11.5 Å². The number of halogens is 1. The van der Waals surface area contributed by atoms with Crippen molar-refractivity contribution in [1.29, 1.82) is 0 Å². The summed E-state index contributed by atoms with van der Waals surface area (Å²) in [4.78, 5) is 23.6. The Morgan fingerprint density at radius 1 is 1.14 bits per heavy atom. The van der Waals surface area contributed by atoms with Crippen LogP contribution in [0.1, 0.15) is 29.6 Å². The van der Waals surface area contributed by atoms with Gasteiger partial charge in [0.2, 0.25) is 0 Å². The Bertz CT molecular complexity index is 569. The highest BCUT2D eigenvalue weighted by molar-refractivity contribution is 9.10. The van der Waals surface area contributed by atoms with Crippen molar-refractivity contribution in [2.24, 2.45) is 11.8 Å². The molecule has 6 heteroatoms. The van der Waals surface area contributed by atoms with E-state index in [1.54, 1.807) is 12.1 Å². The van der Waals surface area contributed by atoms with Gasteiger partial charge >= 0.3 is 5.97 Å². The van der Waals surface area contributed by atoms with Gasteiger partial charge in [-0.1, -0.05) is 0 Å². The van der Waals surface area contributed by atoms with Gasteiger partial charge in [0.1, 0.15) is 11.5 Å². The first-order valence-electron chi connectivity index (χ1n) is 6.66. The Kier molecular flexibility index (Phi) is 4.88. The number of Topliss-reactive ketones (excluding diaryl/α,β-unsaturated/α-hetero) is 1. The zero-order valence-corrected chi connectivity index (χ0v) is 13.5. The third-order valence-corrected chi connectivity index (χ3v) is 4.51. The molecule has 2 unspecified atom stereocenters. The minimum Gasteiger partial charge on any atom is -0.496 e. The summed E-state index contributed by atoms with van der Waals surface area (Å²) < 4.78 is 11.2. The van der Waals surface area contributed by atoms with E-state index in [1.807, 2.05) is 0 Å². The van der Waals surface area contributed by atoms with Crippen LogP contribution in [-0.4, -0.2) is 31.1 Å². The second-order valence-electron chi connectivity index (χ2n) is 5.10. The Hall–Kier alpha value is -1.56. The third kappa shape index (κ3) is 3.20. The summed E-state index contributed by atoms with van der Waals surface area (Å²) in [7, 11) is 3.02. The molecule has 1 aromatic rings. The molecule has 0 saturated heterocycles. The van der Waals surface area contributed by atoms with Gasteiger partial charge in [-0.25, -0.2) is 0 Å². The number of benzene rings is 1. The monoisotopic (exact) mass is 356 g/mol. The molecule has 1 fully saturated rings. The molecule has 0 heterocycles. The Morgan fingerprint density at radius 2 is 1.76 bits per heavy atom. The SMILES string of the molecule is COc1cc(C(=O)C2CCC(C(=O)O)C2)c(OC)cc1Br. The Morgan fingerprint density at radius 3 is 2.29 bits per heavy atom. The van der Waals surface area contributed by atoms with Gasteiger partial charge in [-0.3, -0.25) is 9.59 Å². The van der Waals surface area contributed by atoms with Gasteiger partial charge < -0.3 is 14.6 Å². The molecule has 0 aliphatic heterocycles. The number of aliphatic carboxylic acids is 1. The largest absolute Gasteiger partial charge is 0.496 e. The summed E-state index contributed by atoms with van der Waals surface area (Å²) in [5, 5.41) is 9.04. The van der Waals surface area contributed by atoms with Gasteiger partial charge in [0, 0.05) is 5.92 Å². The number of carbonyl (C=O) groups excluding carboxylic acids is 1. The minimum absolute atomic E-state index is 0.0820. The van der Waals surface area contributed by atoms with Gasteiger partial charge in [-0.15, -0.1) is 0 Å². The average Bonchev–Trinajstić information content (AvgIpc) is 2.96. The summed E-state index contributed by atoms with van der Waals surface area (Å²) in [6.45, 7) is 0. The molecule has 0 aromatic heterocycles. The molecule has 1 saturated carbocycles. The molecule has 5 nitrogen and oxygen atoms in total. The molecule has 1 aliphatic carbocycles. The van der Waals surface area contributed by atoms with Crippen molar-refractivity contribution in [2.75, 3.05) is 14.2 Å². The van der Waals surface area contributed by atoms with Crippen molar-refractivity contribution in [1.82, 2.24) is 0 Å². The fourth-order valence-corrected chi connectivity index (χ4v) is 3.20. The lowest BCUT2D eigenvalue weighted by atomic mass is 9.94. The summed E-state index contributed by atoms with van der Waals surface area (Å²) >= 11 is 3.35. The van der Waals surface area contributed by atoms with Crippen LogP contribution in [0.25, 0.3) is 0 Å². The lowest BCUT2D eigenvalue weighted by Crippen LogP contribution is -2.15. The highest BCUT2D eigenvalue weighted by Gasteiger charge is 2.35. The van der Waals surface area contributed by atoms with Crippen molar-refractivity contribution in [2.45, 2.75) is 19.3 Å². The van der Waals surface area contributed by atoms with E-state index in [0.29, 0.717) is 40.8 Å². The van der Waals surface area contributed by atoms with Crippen LogP contribution in [-0.2, 0) is 4.79 Å². The quantitative estimate of drug-likeness (QED) is 0.820. The maximum Gasteiger partial charge on any atom is 0.306 e. The van der Waals surface area contributed by atoms with Gasteiger partial charge in [-0.05, 0) is 47.3 Å². The molecule has 114 valence electrons. The predicted octanol–water partition coefficient (Wildman–Crippen LogP) is 3.15. The van der Waals surface area contributed by atoms with E-state index in [4.69, 9.17) is 14.6 Å². The highest BCUT2D eigenvalue weighted by Crippen LogP contribution is 2.38. The molecule has 1 aliphatic rings. The molecule has 21 heavy (non-hydrogen) atoms. The predicted molar refractivity (Wildman–Crippen MR) is 80.0 cm³/mol. The van der Waals surface area contributed by atoms with Crippen LogP contribution in [0.4, 0.5) is 0 Å². The van der Waals surface area contributed by atoms with Crippen molar-refractivity contribution >= 4 is 27.7 Å². The van der Waals surface area contributed by atoms with E-state index in [2.05, 4.69) is 15.9 Å². The van der Waals surface area contributed by atoms with Crippen LogP contribution in [0, 0.1) is 11.8 Å². The molecule has 2 atom stereocenters. The van der Waals surface area contributed by atoms with E-state index in [9.17, 15) is 9.59 Å². The van der Waals surface area contributed by atoms with Crippen LogP contribution in [0.5, 0.6) is 11.5 Å². The molecule has 0 amide bonds. The lowest BCUT2D eigenvalue weighted by molar-refractivity contribution is -0.141. The lowest BCUT2D eigenvalue weighted by Gasteiger charge is -2.14. The third-order valence-electron chi connectivity index (χ3n) is 3.89. The van der Waals surface area contributed by atoms with E-state index < -0.39 is 11.9 Å². The normalized spacial score (nSPS) is 21.1. The van der Waals surface area contributed by atoms with Crippen molar-refractivity contribution in [3.05, 3.63) is 22.2 Å². The van der Waals surface area contributed by atoms with Crippen LogP contribution in [0.2, 0.25) is 0 Å². The first kappa shape index (κ1) is 15.8. The minimum atomic E-state index is -0.828. The fraction of sp³-hybridized carbons (Fsp3) is 0.467. The van der Waals surface area contributed by atoms with Gasteiger partial charge in [0.25, 0.3) is 0 Å². The fourth-order valence-electron chi connectivity index (χ4n) is 2.72. The molecular formula is C15H17BrO5. The van der Waals surface area contributed by atoms with E-state index in [1.165, 1.54) is 14.2 Å². The molecule has 2 rings (SSSR count). The number of hydrogen-bond acceptors (Lipinski definition) is 4. The van der Waals surface area contributed by atoms with Crippen molar-refractivity contribution < 1.29 is 24.2 Å². The number of carboxylic acids is 1. The number of rotatable bonds is 5. The zero-order valence-electron chi connectivity index (χ0n) is 11.9. The van der Waals surface area contributed by atoms with E-state index in [0.717, 1.165) is 0 Å². The summed E-state index contributed by atoms with van der Waals surface area (Å²) in [6, 6.07) is 3.33. The van der Waals surface area contributed by atoms with Gasteiger partial charge in [0.15, 0.2) is 5.78 Å². The molecular weight excluding hydrogens is 340 g/mol. The maximum absolute atomic E-state index is 12.6. The number of methoxy groups -OCH3 is 2. The number of carbonyl (C=O) groups is 2. The number of ether oxygens (including phenoxy) is 2. The summed E-state index contributed by atoms with van der Waals surface area (Å²) in [6.07, 6.45) is 1.52. The molecule has 0 bridgehead atoms. The van der Waals surface area contributed by atoms with Crippen LogP contribution in [0.3, 0.4) is 0 Å². The Balaban J connectivity index is 2.29. The average molecular weight is 357 g/mol. The maximum atomic E-state index is 12.6. The van der Waals surface area contributed by atoms with Gasteiger partial charge in [0.05, 0.1) is 30.2 Å². The van der Waals surface area contributed by atoms with Crippen molar-refractivity contribution in [3.63, 3.8) is 0 Å². The van der Waals surface area contributed by atoms with Crippen LogP contribution >= 0.6 is 15.9 Å². The Labute approximate surface area is 131 Å². The van der Waals surface area contributed by atoms with Gasteiger partial charge in [-0.2, -0.15) is 0 Å². The topological polar surface area (TPSA) is 72.8 Å². The summed E-state index contributed by atoms with van der Waals surface area (Å²) in [5.74, 6) is -0.599. The second kappa shape index (κ2) is 6.47. The van der Waals surface area contributed by atoms with E-state index >= 15 is 0 Å². The number of hydrogen-bond donors (Lipinski definition) is 1. The summed E-state index contributed by atoms with van der Waals surface area (Å²) in [5.41, 5.74) is 0.439. The van der Waals surface area contributed by atoms with Crippen LogP contribution in [0.15, 0.2) is 16.6 Å². The smallest absolute Gasteiger partial charge is 0.306 e. The van der Waals surface area contributed by atoms with E-state index in [-0.39, 0.29) is 11.7 Å². The highest BCUT2D eigenvalue weighted by atomic mass is 79.9. The zero-order chi connectivity index (χ0) is 15.6. The van der Waals surface area contributed by atoms with Crippen LogP contribution < -0.4 is 9.47 Å². The molecule has 0 radical (unpaired) electrons. The second-order valence-corrected chi connectivity index (χ2v) is 5.95. The first-order valence-corrected chi connectivity index (χ1v) is 7.45. The molecule has 1 aromatic carbocycles.